The van der Waals surface area contributed by atoms with E-state index >= 15 is 0 Å². The van der Waals surface area contributed by atoms with Crippen molar-refractivity contribution in [3.63, 3.8) is 0 Å². The topological polar surface area (TPSA) is 71.2 Å². The predicted octanol–water partition coefficient (Wildman–Crippen LogP) is 4.40. The molecule has 0 bridgehead atoms. The lowest BCUT2D eigenvalue weighted by atomic mass is 9.92. The van der Waals surface area contributed by atoms with Gasteiger partial charge in [-0.25, -0.2) is 14.1 Å². The second kappa shape index (κ2) is 9.84. The van der Waals surface area contributed by atoms with Crippen LogP contribution in [-0.2, 0) is 4.79 Å². The highest BCUT2D eigenvalue weighted by molar-refractivity contribution is 5.34. The van der Waals surface area contributed by atoms with E-state index in [0.29, 0.717) is 27.7 Å². The third-order valence-corrected chi connectivity index (χ3v) is 5.06. The third kappa shape index (κ3) is 5.96. The lowest BCUT2D eigenvalue weighted by Crippen LogP contribution is -2.56. The van der Waals surface area contributed by atoms with Gasteiger partial charge in [0, 0.05) is 11.6 Å². The molecule has 0 radical (unpaired) electrons. The highest BCUT2D eigenvalue weighted by Crippen LogP contribution is 2.40. The summed E-state index contributed by atoms with van der Waals surface area (Å²) in [4.78, 5) is 12.8. The van der Waals surface area contributed by atoms with E-state index in [-0.39, 0.29) is 38.3 Å². The molecule has 13 heteroatoms. The average molecular weight is 470 g/mol. The molecule has 0 atom stereocenters. The Labute approximate surface area is 178 Å². The Balaban J connectivity index is 0.00000114. The highest BCUT2D eigenvalue weighted by Gasteiger charge is 2.59. The number of carboxylic acid groups (broad SMARTS) is 1. The van der Waals surface area contributed by atoms with Crippen LogP contribution in [0.4, 0.5) is 30.7 Å². The maximum absolute atomic E-state index is 13.3. The van der Waals surface area contributed by atoms with Crippen molar-refractivity contribution in [3.05, 3.63) is 41.1 Å². The van der Waals surface area contributed by atoms with E-state index in [1.54, 1.807) is 19.9 Å². The summed E-state index contributed by atoms with van der Waals surface area (Å²) in [6.45, 7) is 2.49. The molecule has 3 heterocycles. The Morgan fingerprint density at radius 3 is 2.09 bits per heavy atom. The first kappa shape index (κ1) is 25.6. The summed E-state index contributed by atoms with van der Waals surface area (Å²) in [5.74, 6) is -0.344. The number of piperidine rings is 1. The summed E-state index contributed by atoms with van der Waals surface area (Å²) in [6, 6.07) is -0.424. The van der Waals surface area contributed by atoms with Crippen LogP contribution < -0.4 is 0 Å². The maximum Gasteiger partial charge on any atom is 0.412 e. The fourth-order valence-electron chi connectivity index (χ4n) is 3.72. The van der Waals surface area contributed by atoms with Gasteiger partial charge < -0.3 is 5.11 Å². The number of hydrogen-bond acceptors (Lipinski definition) is 4. The Morgan fingerprint density at radius 1 is 1.09 bits per heavy atom. The SMILES string of the molecule is Cc1cc(F)cnc1-n1nc(C2CCN(C(C(F)(F)F)C(F)(F)F)CC2)cc1C.O=CO. The summed E-state index contributed by atoms with van der Waals surface area (Å²) in [5.41, 5.74) is 1.81. The molecule has 0 saturated carbocycles. The maximum atomic E-state index is 13.3. The molecule has 0 aromatic carbocycles. The van der Waals surface area contributed by atoms with Gasteiger partial charge in [0.25, 0.3) is 6.47 Å². The van der Waals surface area contributed by atoms with Crippen LogP contribution in [0.15, 0.2) is 18.3 Å². The van der Waals surface area contributed by atoms with Crippen LogP contribution in [0.5, 0.6) is 0 Å². The summed E-state index contributed by atoms with van der Waals surface area (Å²) < 4.78 is 92.3. The lowest BCUT2D eigenvalue weighted by Gasteiger charge is -2.38. The molecular weight excluding hydrogens is 449 g/mol. The molecule has 2 aromatic rings. The second-order valence-electron chi connectivity index (χ2n) is 7.32. The molecule has 0 amide bonds. The number of nitrogens with zero attached hydrogens (tertiary/aromatic N) is 4. The normalized spacial score (nSPS) is 16.1. The van der Waals surface area contributed by atoms with E-state index in [9.17, 15) is 30.7 Å². The van der Waals surface area contributed by atoms with Gasteiger partial charge in [-0.15, -0.1) is 0 Å². The minimum atomic E-state index is -5.38. The van der Waals surface area contributed by atoms with Crippen molar-refractivity contribution >= 4 is 6.47 Å². The second-order valence-corrected chi connectivity index (χ2v) is 7.32. The Hall–Kier alpha value is -2.70. The van der Waals surface area contributed by atoms with E-state index in [2.05, 4.69) is 10.1 Å². The zero-order valence-corrected chi connectivity index (χ0v) is 17.1. The minimum Gasteiger partial charge on any atom is -0.483 e. The van der Waals surface area contributed by atoms with Crippen molar-refractivity contribution in [1.29, 1.82) is 0 Å². The van der Waals surface area contributed by atoms with Crippen molar-refractivity contribution in [3.8, 4) is 5.82 Å². The predicted molar refractivity (Wildman–Crippen MR) is 98.9 cm³/mol. The standard InChI is InChI=1S/C18H19F7N4.CH2O2/c1-10-7-13(19)9-26-15(10)29-11(2)8-14(27-29)12-3-5-28(6-4-12)16(17(20,21)22)18(23,24)25;2-1-3/h7-9,12,16H,3-6H2,1-2H3;1H,(H,2,3). The Morgan fingerprint density at radius 2 is 1.62 bits per heavy atom. The van der Waals surface area contributed by atoms with Gasteiger partial charge in [0.05, 0.1) is 11.9 Å². The zero-order valence-electron chi connectivity index (χ0n) is 17.1. The van der Waals surface area contributed by atoms with Gasteiger partial charge in [-0.1, -0.05) is 0 Å². The van der Waals surface area contributed by atoms with Crippen LogP contribution in [0.1, 0.15) is 35.7 Å². The molecule has 0 unspecified atom stereocenters. The lowest BCUT2D eigenvalue weighted by molar-refractivity contribution is -0.289. The number of likely N-dealkylation sites (tertiary alicyclic amines) is 1. The molecule has 1 fully saturated rings. The number of alkyl halides is 6. The van der Waals surface area contributed by atoms with Crippen molar-refractivity contribution in [2.45, 2.75) is 51.0 Å². The first-order valence-electron chi connectivity index (χ1n) is 9.44. The van der Waals surface area contributed by atoms with Crippen LogP contribution in [0, 0.1) is 19.7 Å². The van der Waals surface area contributed by atoms with Gasteiger partial charge in [-0.2, -0.15) is 31.4 Å². The van der Waals surface area contributed by atoms with Crippen LogP contribution in [0.3, 0.4) is 0 Å². The van der Waals surface area contributed by atoms with Gasteiger partial charge in [-0.05, 0) is 57.5 Å². The smallest absolute Gasteiger partial charge is 0.412 e. The molecule has 0 spiro atoms. The number of rotatable bonds is 3. The van der Waals surface area contributed by atoms with Crippen LogP contribution in [-0.4, -0.2) is 62.7 Å². The Bertz CT molecular complexity index is 905. The van der Waals surface area contributed by atoms with Crippen molar-refractivity contribution in [2.75, 3.05) is 13.1 Å². The van der Waals surface area contributed by atoms with E-state index in [4.69, 9.17) is 9.90 Å². The molecular formula is C19H21F7N4O2. The summed E-state index contributed by atoms with van der Waals surface area (Å²) in [6.07, 6.45) is -9.47. The molecule has 1 aliphatic heterocycles. The van der Waals surface area contributed by atoms with Crippen molar-refractivity contribution < 1.29 is 40.6 Å². The molecule has 1 N–H and O–H groups in total. The van der Waals surface area contributed by atoms with Crippen molar-refractivity contribution in [1.82, 2.24) is 19.7 Å². The number of aryl methyl sites for hydroxylation is 2. The fraction of sp³-hybridized carbons (Fsp3) is 0.526. The number of hydrogen-bond donors (Lipinski definition) is 1. The summed E-state index contributed by atoms with van der Waals surface area (Å²) in [5, 5.41) is 11.3. The van der Waals surface area contributed by atoms with E-state index in [0.717, 1.165) is 6.20 Å². The zero-order chi connectivity index (χ0) is 24.3. The minimum absolute atomic E-state index is 0.120. The van der Waals surface area contributed by atoms with Gasteiger partial charge in [0.2, 0.25) is 6.04 Å². The van der Waals surface area contributed by atoms with Gasteiger partial charge in [0.15, 0.2) is 5.82 Å². The molecule has 32 heavy (non-hydrogen) atoms. The van der Waals surface area contributed by atoms with E-state index < -0.39 is 24.2 Å². The molecule has 3 rings (SSSR count). The number of aromatic nitrogens is 3. The number of carbonyl (C=O) groups is 1. The molecule has 2 aromatic heterocycles. The largest absolute Gasteiger partial charge is 0.483 e. The average Bonchev–Trinajstić information content (AvgIpc) is 3.02. The fourth-order valence-corrected chi connectivity index (χ4v) is 3.72. The van der Waals surface area contributed by atoms with Gasteiger partial charge in [0.1, 0.15) is 5.82 Å². The molecule has 6 nitrogen and oxygen atoms in total. The molecule has 0 aliphatic carbocycles. The first-order valence-corrected chi connectivity index (χ1v) is 9.44. The van der Waals surface area contributed by atoms with Crippen LogP contribution in [0.2, 0.25) is 0 Å². The monoisotopic (exact) mass is 470 g/mol. The summed E-state index contributed by atoms with van der Waals surface area (Å²) >= 11 is 0. The van der Waals surface area contributed by atoms with E-state index in [1.165, 1.54) is 10.7 Å². The van der Waals surface area contributed by atoms with E-state index in [1.807, 2.05) is 0 Å². The Kier molecular flexibility index (Phi) is 7.86. The third-order valence-electron chi connectivity index (χ3n) is 5.06. The first-order chi connectivity index (χ1) is 14.8. The highest BCUT2D eigenvalue weighted by atomic mass is 19.4. The van der Waals surface area contributed by atoms with Crippen LogP contribution >= 0.6 is 0 Å². The van der Waals surface area contributed by atoms with Gasteiger partial charge in [-0.3, -0.25) is 9.69 Å². The van der Waals surface area contributed by atoms with Crippen LogP contribution in [0.25, 0.3) is 5.82 Å². The summed E-state index contributed by atoms with van der Waals surface area (Å²) in [7, 11) is 0. The molecule has 1 saturated heterocycles. The quantitative estimate of drug-likeness (QED) is 0.532. The van der Waals surface area contributed by atoms with Gasteiger partial charge >= 0.3 is 12.4 Å². The number of pyridine rings is 1. The number of halogens is 7. The van der Waals surface area contributed by atoms with Crippen molar-refractivity contribution in [2.24, 2.45) is 0 Å². The molecule has 178 valence electrons. The molecule has 1 aliphatic rings.